The van der Waals surface area contributed by atoms with E-state index >= 15 is 0 Å². The number of piperidine rings is 1. The van der Waals surface area contributed by atoms with Crippen LogP contribution in [0.4, 0.5) is 0 Å². The highest BCUT2D eigenvalue weighted by molar-refractivity contribution is 5.79. The zero-order valence-electron chi connectivity index (χ0n) is 15.8. The van der Waals surface area contributed by atoms with Gasteiger partial charge in [-0.1, -0.05) is 61.0 Å². The quantitative estimate of drug-likeness (QED) is 0.907. The SMILES string of the molecule is O=C(Cc1ccc(-c2ccccc2)cc1)N1C[C@@H](O)[C@H](N2CCCCC2)C1. The van der Waals surface area contributed by atoms with E-state index in [-0.39, 0.29) is 11.9 Å². The van der Waals surface area contributed by atoms with Gasteiger partial charge in [-0.3, -0.25) is 9.69 Å². The van der Waals surface area contributed by atoms with Crippen LogP contribution >= 0.6 is 0 Å². The molecule has 2 fully saturated rings. The maximum absolute atomic E-state index is 12.7. The lowest BCUT2D eigenvalue weighted by molar-refractivity contribution is -0.129. The van der Waals surface area contributed by atoms with Crippen LogP contribution in [0.1, 0.15) is 24.8 Å². The molecule has 0 spiro atoms. The summed E-state index contributed by atoms with van der Waals surface area (Å²) in [4.78, 5) is 17.0. The number of nitrogens with zero attached hydrogens (tertiary/aromatic N) is 2. The summed E-state index contributed by atoms with van der Waals surface area (Å²) in [6.45, 7) is 3.21. The molecule has 4 nitrogen and oxygen atoms in total. The van der Waals surface area contributed by atoms with Crippen molar-refractivity contribution < 1.29 is 9.90 Å². The van der Waals surface area contributed by atoms with Gasteiger partial charge >= 0.3 is 0 Å². The summed E-state index contributed by atoms with van der Waals surface area (Å²) in [6, 6.07) is 18.6. The molecule has 2 aromatic rings. The van der Waals surface area contributed by atoms with Gasteiger partial charge < -0.3 is 10.0 Å². The van der Waals surface area contributed by atoms with E-state index in [0.29, 0.717) is 19.5 Å². The first kappa shape index (κ1) is 18.2. The molecule has 27 heavy (non-hydrogen) atoms. The number of hydrogen-bond acceptors (Lipinski definition) is 3. The highest BCUT2D eigenvalue weighted by Crippen LogP contribution is 2.23. The molecule has 2 atom stereocenters. The standard InChI is InChI=1S/C23H28N2O2/c26-22-17-25(16-21(22)24-13-5-2-6-14-24)23(27)15-18-9-11-20(12-10-18)19-7-3-1-4-8-19/h1,3-4,7-12,21-22,26H,2,5-6,13-17H2/t21-,22-/m1/s1. The Bertz CT molecular complexity index is 754. The Morgan fingerprint density at radius 2 is 1.56 bits per heavy atom. The Labute approximate surface area is 161 Å². The summed E-state index contributed by atoms with van der Waals surface area (Å²) in [6.07, 6.45) is 3.65. The second-order valence-corrected chi connectivity index (χ2v) is 7.77. The van der Waals surface area contributed by atoms with Gasteiger partial charge in [-0.2, -0.15) is 0 Å². The fourth-order valence-electron chi connectivity index (χ4n) is 4.31. The van der Waals surface area contributed by atoms with Crippen LogP contribution in [0.5, 0.6) is 0 Å². The summed E-state index contributed by atoms with van der Waals surface area (Å²) < 4.78 is 0. The number of likely N-dealkylation sites (tertiary alicyclic amines) is 2. The monoisotopic (exact) mass is 364 g/mol. The minimum atomic E-state index is -0.424. The van der Waals surface area contributed by atoms with E-state index in [2.05, 4.69) is 29.2 Å². The van der Waals surface area contributed by atoms with Crippen molar-refractivity contribution in [1.29, 1.82) is 0 Å². The van der Waals surface area contributed by atoms with Crippen molar-refractivity contribution in [3.63, 3.8) is 0 Å². The molecule has 0 aromatic heterocycles. The van der Waals surface area contributed by atoms with Crippen molar-refractivity contribution in [2.75, 3.05) is 26.2 Å². The zero-order chi connectivity index (χ0) is 18.6. The van der Waals surface area contributed by atoms with E-state index < -0.39 is 6.10 Å². The lowest BCUT2D eigenvalue weighted by atomic mass is 10.0. The fourth-order valence-corrected chi connectivity index (χ4v) is 4.31. The largest absolute Gasteiger partial charge is 0.390 e. The number of carbonyl (C=O) groups excluding carboxylic acids is 1. The summed E-state index contributed by atoms with van der Waals surface area (Å²) in [7, 11) is 0. The normalized spacial score (nSPS) is 23.5. The average molecular weight is 364 g/mol. The number of aliphatic hydroxyl groups is 1. The molecule has 0 radical (unpaired) electrons. The molecule has 4 heteroatoms. The van der Waals surface area contributed by atoms with Crippen molar-refractivity contribution in [2.24, 2.45) is 0 Å². The topological polar surface area (TPSA) is 43.8 Å². The van der Waals surface area contributed by atoms with E-state index in [1.807, 2.05) is 35.2 Å². The maximum atomic E-state index is 12.7. The number of rotatable bonds is 4. The van der Waals surface area contributed by atoms with E-state index in [9.17, 15) is 9.90 Å². The Morgan fingerprint density at radius 1 is 0.889 bits per heavy atom. The Kier molecular flexibility index (Phi) is 5.55. The van der Waals surface area contributed by atoms with Crippen LogP contribution in [0.15, 0.2) is 54.6 Å². The number of carbonyl (C=O) groups is 1. The molecule has 2 aliphatic rings. The molecule has 142 valence electrons. The zero-order valence-corrected chi connectivity index (χ0v) is 15.8. The van der Waals surface area contributed by atoms with Gasteiger partial charge in [0.1, 0.15) is 0 Å². The molecule has 0 bridgehead atoms. The van der Waals surface area contributed by atoms with Crippen molar-refractivity contribution in [2.45, 2.75) is 37.8 Å². The Balaban J connectivity index is 1.36. The van der Waals surface area contributed by atoms with Crippen LogP contribution in [0, 0.1) is 0 Å². The summed E-state index contributed by atoms with van der Waals surface area (Å²) in [5.74, 6) is 0.112. The van der Waals surface area contributed by atoms with Crippen molar-refractivity contribution in [1.82, 2.24) is 9.80 Å². The second kappa shape index (κ2) is 8.24. The number of β-amino-alcohol motifs (C(OH)–C–C–N with tert-alkyl or cyclic N) is 1. The lowest BCUT2D eigenvalue weighted by Crippen LogP contribution is -2.46. The minimum Gasteiger partial charge on any atom is -0.390 e. The molecule has 4 rings (SSSR count). The predicted octanol–water partition coefficient (Wildman–Crippen LogP) is 2.95. The van der Waals surface area contributed by atoms with E-state index in [1.54, 1.807) is 0 Å². The third-order valence-electron chi connectivity index (χ3n) is 5.89. The van der Waals surface area contributed by atoms with E-state index in [0.717, 1.165) is 24.2 Å². The van der Waals surface area contributed by atoms with Gasteiger partial charge in [-0.05, 0) is 42.6 Å². The molecule has 2 aromatic carbocycles. The highest BCUT2D eigenvalue weighted by Gasteiger charge is 2.37. The molecular formula is C23H28N2O2. The smallest absolute Gasteiger partial charge is 0.227 e. The highest BCUT2D eigenvalue weighted by atomic mass is 16.3. The fraction of sp³-hybridized carbons (Fsp3) is 0.435. The molecule has 1 N–H and O–H groups in total. The van der Waals surface area contributed by atoms with Crippen molar-refractivity contribution in [3.8, 4) is 11.1 Å². The van der Waals surface area contributed by atoms with Crippen LogP contribution in [0.25, 0.3) is 11.1 Å². The van der Waals surface area contributed by atoms with Crippen LogP contribution in [0.3, 0.4) is 0 Å². The van der Waals surface area contributed by atoms with Crippen molar-refractivity contribution >= 4 is 5.91 Å². The first-order valence-corrected chi connectivity index (χ1v) is 10.0. The maximum Gasteiger partial charge on any atom is 0.227 e. The van der Waals surface area contributed by atoms with Crippen LogP contribution in [-0.4, -0.2) is 59.1 Å². The first-order valence-electron chi connectivity index (χ1n) is 10.0. The van der Waals surface area contributed by atoms with Gasteiger partial charge in [-0.15, -0.1) is 0 Å². The molecule has 0 aliphatic carbocycles. The van der Waals surface area contributed by atoms with E-state index in [1.165, 1.54) is 24.8 Å². The molecular weight excluding hydrogens is 336 g/mol. The van der Waals surface area contributed by atoms with E-state index in [4.69, 9.17) is 0 Å². The first-order chi connectivity index (χ1) is 13.2. The third kappa shape index (κ3) is 4.23. The average Bonchev–Trinajstić information content (AvgIpc) is 3.12. The van der Waals surface area contributed by atoms with Crippen molar-refractivity contribution in [3.05, 3.63) is 60.2 Å². The molecule has 2 aliphatic heterocycles. The molecule has 0 saturated carbocycles. The molecule has 2 heterocycles. The molecule has 2 saturated heterocycles. The van der Waals surface area contributed by atoms with Crippen LogP contribution in [-0.2, 0) is 11.2 Å². The van der Waals surface area contributed by atoms with Gasteiger partial charge in [0.05, 0.1) is 18.6 Å². The van der Waals surface area contributed by atoms with Gasteiger partial charge in [0, 0.05) is 13.1 Å². The summed E-state index contributed by atoms with van der Waals surface area (Å²) in [5.41, 5.74) is 3.37. The third-order valence-corrected chi connectivity index (χ3v) is 5.89. The van der Waals surface area contributed by atoms with Crippen LogP contribution in [0.2, 0.25) is 0 Å². The minimum absolute atomic E-state index is 0.106. The van der Waals surface area contributed by atoms with Gasteiger partial charge in [0.15, 0.2) is 0 Å². The van der Waals surface area contributed by atoms with Gasteiger partial charge in [-0.25, -0.2) is 0 Å². The number of benzene rings is 2. The molecule has 1 amide bonds. The lowest BCUT2D eigenvalue weighted by Gasteiger charge is -2.33. The Morgan fingerprint density at radius 3 is 2.26 bits per heavy atom. The Hall–Kier alpha value is -2.17. The number of hydrogen-bond donors (Lipinski definition) is 1. The van der Waals surface area contributed by atoms with Gasteiger partial charge in [0.2, 0.25) is 5.91 Å². The summed E-state index contributed by atoms with van der Waals surface area (Å²) >= 11 is 0. The number of amides is 1. The number of aliphatic hydroxyl groups excluding tert-OH is 1. The van der Waals surface area contributed by atoms with Gasteiger partial charge in [0.25, 0.3) is 0 Å². The van der Waals surface area contributed by atoms with Crippen LogP contribution < -0.4 is 0 Å². The second-order valence-electron chi connectivity index (χ2n) is 7.77. The predicted molar refractivity (Wildman–Crippen MR) is 107 cm³/mol. The summed E-state index contributed by atoms with van der Waals surface area (Å²) in [5, 5.41) is 10.5. The molecule has 0 unspecified atom stereocenters.